The largest absolute Gasteiger partial charge is 0.395 e. The highest BCUT2D eigenvalue weighted by Gasteiger charge is 2.10. The number of hydrogen-bond donors (Lipinski definition) is 2. The van der Waals surface area contributed by atoms with Crippen molar-refractivity contribution in [1.29, 1.82) is 0 Å². The Morgan fingerprint density at radius 1 is 1.28 bits per heavy atom. The molecule has 1 aromatic carbocycles. The predicted octanol–water partition coefficient (Wildman–Crippen LogP) is 1.77. The van der Waals surface area contributed by atoms with Crippen LogP contribution in [-0.4, -0.2) is 35.7 Å². The number of benzene rings is 1. The van der Waals surface area contributed by atoms with E-state index in [1.807, 2.05) is 25.1 Å². The fourth-order valence-corrected chi connectivity index (χ4v) is 1.88. The number of aliphatic hydroxyl groups is 1. The summed E-state index contributed by atoms with van der Waals surface area (Å²) in [6.45, 7) is 5.50. The van der Waals surface area contributed by atoms with Crippen molar-refractivity contribution in [3.05, 3.63) is 35.4 Å². The van der Waals surface area contributed by atoms with Gasteiger partial charge < -0.3 is 15.3 Å². The Morgan fingerprint density at radius 2 is 1.94 bits per heavy atom. The Kier molecular flexibility index (Phi) is 6.22. The molecule has 0 fully saturated rings. The normalized spacial score (nSPS) is 10.2. The van der Waals surface area contributed by atoms with E-state index >= 15 is 0 Å². The van der Waals surface area contributed by atoms with Gasteiger partial charge in [0.1, 0.15) is 0 Å². The summed E-state index contributed by atoms with van der Waals surface area (Å²) in [6.07, 6.45) is 0.959. The van der Waals surface area contributed by atoms with E-state index in [0.29, 0.717) is 19.6 Å². The van der Waals surface area contributed by atoms with Gasteiger partial charge >= 0.3 is 6.03 Å². The van der Waals surface area contributed by atoms with Crippen molar-refractivity contribution in [3.63, 3.8) is 0 Å². The van der Waals surface area contributed by atoms with Crippen LogP contribution in [0.5, 0.6) is 0 Å². The highest BCUT2D eigenvalue weighted by Crippen LogP contribution is 2.09. The molecule has 0 aliphatic heterocycles. The highest BCUT2D eigenvalue weighted by atomic mass is 16.3. The zero-order chi connectivity index (χ0) is 13.4. The number of aliphatic hydroxyl groups excluding tert-OH is 1. The van der Waals surface area contributed by atoms with Crippen molar-refractivity contribution in [2.24, 2.45) is 0 Å². The van der Waals surface area contributed by atoms with Gasteiger partial charge in [0.2, 0.25) is 0 Å². The number of nitrogens with one attached hydrogen (secondary N) is 1. The summed E-state index contributed by atoms with van der Waals surface area (Å²) in [6, 6.07) is 7.96. The van der Waals surface area contributed by atoms with Crippen LogP contribution in [0.25, 0.3) is 0 Å². The molecule has 0 saturated carbocycles. The molecule has 0 atom stereocenters. The molecule has 1 rings (SSSR count). The van der Waals surface area contributed by atoms with Crippen molar-refractivity contribution in [2.75, 3.05) is 19.7 Å². The topological polar surface area (TPSA) is 52.6 Å². The number of aryl methyl sites for hydroxylation is 1. The fraction of sp³-hybridized carbons (Fsp3) is 0.500. The minimum Gasteiger partial charge on any atom is -0.395 e. The van der Waals surface area contributed by atoms with E-state index in [9.17, 15) is 4.79 Å². The van der Waals surface area contributed by atoms with Crippen molar-refractivity contribution >= 4 is 6.03 Å². The van der Waals surface area contributed by atoms with Crippen LogP contribution in [0.4, 0.5) is 4.79 Å². The van der Waals surface area contributed by atoms with Gasteiger partial charge in [-0.2, -0.15) is 0 Å². The molecule has 0 spiro atoms. The third-order valence-corrected chi connectivity index (χ3v) is 2.97. The van der Waals surface area contributed by atoms with Crippen LogP contribution < -0.4 is 5.32 Å². The number of amides is 2. The van der Waals surface area contributed by atoms with Crippen molar-refractivity contribution in [2.45, 2.75) is 26.8 Å². The molecule has 0 aliphatic rings. The Morgan fingerprint density at radius 3 is 2.50 bits per heavy atom. The molecule has 2 amide bonds. The first-order chi connectivity index (χ1) is 8.72. The van der Waals surface area contributed by atoms with E-state index in [-0.39, 0.29) is 12.6 Å². The van der Waals surface area contributed by atoms with Crippen LogP contribution in [0.3, 0.4) is 0 Å². The van der Waals surface area contributed by atoms with Gasteiger partial charge in [0, 0.05) is 19.6 Å². The predicted molar refractivity (Wildman–Crippen MR) is 72.4 cm³/mol. The summed E-state index contributed by atoms with van der Waals surface area (Å²) >= 11 is 0. The van der Waals surface area contributed by atoms with Gasteiger partial charge in [-0.15, -0.1) is 0 Å². The number of nitrogens with zero attached hydrogens (tertiary/aromatic N) is 1. The summed E-state index contributed by atoms with van der Waals surface area (Å²) in [4.78, 5) is 13.4. The van der Waals surface area contributed by atoms with Gasteiger partial charge in [-0.1, -0.05) is 31.2 Å². The Bertz CT molecular complexity index is 380. The first-order valence-electron chi connectivity index (χ1n) is 6.43. The smallest absolute Gasteiger partial charge is 0.317 e. The number of carbonyl (C=O) groups is 1. The van der Waals surface area contributed by atoms with Gasteiger partial charge in [-0.25, -0.2) is 4.79 Å². The molecule has 0 radical (unpaired) electrons. The van der Waals surface area contributed by atoms with Gasteiger partial charge in [0.15, 0.2) is 0 Å². The lowest BCUT2D eigenvalue weighted by Gasteiger charge is -2.20. The molecule has 0 bridgehead atoms. The summed E-state index contributed by atoms with van der Waals surface area (Å²) in [5.74, 6) is 0. The third kappa shape index (κ3) is 4.04. The van der Waals surface area contributed by atoms with Crippen LogP contribution in [0.1, 0.15) is 25.0 Å². The average Bonchev–Trinajstić information content (AvgIpc) is 2.42. The third-order valence-electron chi connectivity index (χ3n) is 2.97. The molecular weight excluding hydrogens is 228 g/mol. The van der Waals surface area contributed by atoms with Crippen LogP contribution in [0.2, 0.25) is 0 Å². The first kappa shape index (κ1) is 14.5. The van der Waals surface area contributed by atoms with E-state index in [0.717, 1.165) is 12.0 Å². The second kappa shape index (κ2) is 7.71. The molecule has 0 saturated heterocycles. The molecule has 2 N–H and O–H groups in total. The lowest BCUT2D eigenvalue weighted by Crippen LogP contribution is -2.41. The van der Waals surface area contributed by atoms with E-state index in [2.05, 4.69) is 18.3 Å². The number of rotatable bonds is 6. The van der Waals surface area contributed by atoms with Crippen molar-refractivity contribution in [1.82, 2.24) is 10.2 Å². The minimum atomic E-state index is -0.127. The zero-order valence-electron chi connectivity index (χ0n) is 11.1. The second-order valence-electron chi connectivity index (χ2n) is 4.08. The van der Waals surface area contributed by atoms with E-state index in [1.165, 1.54) is 5.56 Å². The summed E-state index contributed by atoms with van der Waals surface area (Å²) in [7, 11) is 0. The van der Waals surface area contributed by atoms with E-state index in [4.69, 9.17) is 5.11 Å². The maximum atomic E-state index is 11.8. The highest BCUT2D eigenvalue weighted by molar-refractivity contribution is 5.74. The van der Waals surface area contributed by atoms with E-state index < -0.39 is 0 Å². The Labute approximate surface area is 109 Å². The second-order valence-corrected chi connectivity index (χ2v) is 4.08. The first-order valence-corrected chi connectivity index (χ1v) is 6.43. The van der Waals surface area contributed by atoms with Crippen molar-refractivity contribution < 1.29 is 9.90 Å². The SMILES string of the molecule is CCc1ccccc1CNC(=O)N(CC)CCO. The van der Waals surface area contributed by atoms with Crippen LogP contribution in [0, 0.1) is 0 Å². The van der Waals surface area contributed by atoms with Gasteiger partial charge in [0.05, 0.1) is 6.61 Å². The monoisotopic (exact) mass is 250 g/mol. The molecule has 100 valence electrons. The molecule has 4 nitrogen and oxygen atoms in total. The summed E-state index contributed by atoms with van der Waals surface area (Å²) in [5.41, 5.74) is 2.40. The number of urea groups is 1. The molecule has 4 heteroatoms. The number of hydrogen-bond acceptors (Lipinski definition) is 2. The zero-order valence-corrected chi connectivity index (χ0v) is 11.1. The Balaban J connectivity index is 2.56. The van der Waals surface area contributed by atoms with Gasteiger partial charge in [0.25, 0.3) is 0 Å². The molecule has 0 unspecified atom stereocenters. The number of likely N-dealkylation sites (N-methyl/N-ethyl adjacent to an activating group) is 1. The van der Waals surface area contributed by atoms with Crippen LogP contribution in [0.15, 0.2) is 24.3 Å². The lowest BCUT2D eigenvalue weighted by atomic mass is 10.1. The lowest BCUT2D eigenvalue weighted by molar-refractivity contribution is 0.180. The fourth-order valence-electron chi connectivity index (χ4n) is 1.88. The summed E-state index contributed by atoms with van der Waals surface area (Å²) < 4.78 is 0. The van der Waals surface area contributed by atoms with Gasteiger partial charge in [-0.05, 0) is 24.5 Å². The maximum absolute atomic E-state index is 11.8. The standard InChI is InChI=1S/C14H22N2O2/c1-3-12-7-5-6-8-13(12)11-15-14(18)16(4-2)9-10-17/h5-8,17H,3-4,9-11H2,1-2H3,(H,15,18). The van der Waals surface area contributed by atoms with E-state index in [1.54, 1.807) is 4.90 Å². The molecule has 18 heavy (non-hydrogen) atoms. The molecule has 0 aliphatic carbocycles. The van der Waals surface area contributed by atoms with Crippen LogP contribution >= 0.6 is 0 Å². The average molecular weight is 250 g/mol. The molecule has 0 aromatic heterocycles. The summed E-state index contributed by atoms with van der Waals surface area (Å²) in [5, 5.41) is 11.7. The maximum Gasteiger partial charge on any atom is 0.317 e. The minimum absolute atomic E-state index is 0.00714. The molecule has 1 aromatic rings. The van der Waals surface area contributed by atoms with Gasteiger partial charge in [-0.3, -0.25) is 0 Å². The van der Waals surface area contributed by atoms with Crippen LogP contribution in [-0.2, 0) is 13.0 Å². The van der Waals surface area contributed by atoms with Crippen molar-refractivity contribution in [3.8, 4) is 0 Å². The quantitative estimate of drug-likeness (QED) is 0.808. The molecular formula is C14H22N2O2. The Hall–Kier alpha value is -1.55. The number of carbonyl (C=O) groups excluding carboxylic acids is 1. The molecule has 0 heterocycles.